The fraction of sp³-hybridized carbons (Fsp3) is 0.192. The summed E-state index contributed by atoms with van der Waals surface area (Å²) < 4.78 is 0. The van der Waals surface area contributed by atoms with Crippen LogP contribution in [0.2, 0.25) is 0 Å². The fourth-order valence-electron chi connectivity index (χ4n) is 4.41. The van der Waals surface area contributed by atoms with Crippen LogP contribution in [0.25, 0.3) is 17.2 Å². The molecule has 31 heavy (non-hydrogen) atoms. The van der Waals surface area contributed by atoms with E-state index in [9.17, 15) is 15.0 Å². The normalized spacial score (nSPS) is 16.7. The van der Waals surface area contributed by atoms with Crippen LogP contribution < -0.4 is 0 Å². The highest BCUT2D eigenvalue weighted by molar-refractivity contribution is 5.85. The highest BCUT2D eigenvalue weighted by Crippen LogP contribution is 2.49. The van der Waals surface area contributed by atoms with Crippen LogP contribution in [0.4, 0.5) is 0 Å². The number of likely N-dealkylation sites (N-methyl/N-ethyl adjacent to an activating group) is 1. The number of aliphatic carboxylic acids is 1. The second-order valence-corrected chi connectivity index (χ2v) is 7.88. The third kappa shape index (κ3) is 4.18. The Balaban J connectivity index is 0.000000180. The average molecular weight is 415 g/mol. The minimum absolute atomic E-state index is 0.0163. The predicted octanol–water partition coefficient (Wildman–Crippen LogP) is 4.63. The average Bonchev–Trinajstić information content (AvgIpc) is 2.78. The first kappa shape index (κ1) is 20.7. The van der Waals surface area contributed by atoms with Crippen molar-refractivity contribution in [3.63, 3.8) is 0 Å². The maximum atomic E-state index is 10.3. The molecule has 3 N–H and O–H groups in total. The molecule has 0 saturated carbocycles. The molecule has 2 aliphatic rings. The maximum absolute atomic E-state index is 10.3. The van der Waals surface area contributed by atoms with Gasteiger partial charge in [-0.1, -0.05) is 54.6 Å². The van der Waals surface area contributed by atoms with Crippen LogP contribution in [-0.4, -0.2) is 39.8 Å². The van der Waals surface area contributed by atoms with Gasteiger partial charge in [0.1, 0.15) is 0 Å². The molecule has 5 heteroatoms. The van der Waals surface area contributed by atoms with Crippen LogP contribution in [0.15, 0.2) is 66.7 Å². The van der Waals surface area contributed by atoms with E-state index in [4.69, 9.17) is 5.11 Å². The standard InChI is InChI=1S/C17H17NO2.C9H8O2/c1-18-8-7-10-3-2-4-12-15(10)13(18)9-11-5-6-14(19)17(20)16(11)12;10-9(11)7-6-8-4-2-1-3-5-8/h2-6,13,19-20H,7-9H2,1H3;1-7H,(H,10,11)/t13-;/m1./s1. The molecule has 3 aromatic rings. The van der Waals surface area contributed by atoms with Crippen LogP contribution in [0.1, 0.15) is 28.3 Å². The lowest BCUT2D eigenvalue weighted by molar-refractivity contribution is -0.131. The van der Waals surface area contributed by atoms with Gasteiger partial charge in [0.05, 0.1) is 0 Å². The molecule has 1 heterocycles. The quantitative estimate of drug-likeness (QED) is 0.420. The van der Waals surface area contributed by atoms with Crippen molar-refractivity contribution in [1.82, 2.24) is 4.90 Å². The molecule has 5 rings (SSSR count). The fourth-order valence-corrected chi connectivity index (χ4v) is 4.41. The van der Waals surface area contributed by atoms with Crippen LogP contribution in [-0.2, 0) is 17.6 Å². The molecule has 0 saturated heterocycles. The number of phenols is 2. The van der Waals surface area contributed by atoms with E-state index in [0.717, 1.165) is 47.7 Å². The topological polar surface area (TPSA) is 81.0 Å². The minimum Gasteiger partial charge on any atom is -0.504 e. The van der Waals surface area contributed by atoms with E-state index < -0.39 is 5.97 Å². The summed E-state index contributed by atoms with van der Waals surface area (Å²) in [6.45, 7) is 1.07. The first-order valence-electron chi connectivity index (χ1n) is 10.3. The van der Waals surface area contributed by atoms with Crippen molar-refractivity contribution >= 4 is 12.0 Å². The number of carbonyl (C=O) groups is 1. The molecule has 0 unspecified atom stereocenters. The first-order valence-corrected chi connectivity index (χ1v) is 10.3. The Morgan fingerprint density at radius 3 is 2.52 bits per heavy atom. The number of hydrogen-bond donors (Lipinski definition) is 3. The molecule has 5 nitrogen and oxygen atoms in total. The van der Waals surface area contributed by atoms with Crippen molar-refractivity contribution in [3.05, 3.63) is 89.0 Å². The molecular weight excluding hydrogens is 390 g/mol. The molecule has 158 valence electrons. The Labute approximate surface area is 181 Å². The molecule has 0 spiro atoms. The minimum atomic E-state index is -0.922. The number of carboxylic acids is 1. The highest BCUT2D eigenvalue weighted by Gasteiger charge is 2.34. The van der Waals surface area contributed by atoms with Gasteiger partial charge in [-0.3, -0.25) is 4.90 Å². The zero-order valence-corrected chi connectivity index (χ0v) is 17.3. The smallest absolute Gasteiger partial charge is 0.328 e. The second kappa shape index (κ2) is 8.66. The number of hydrogen-bond acceptors (Lipinski definition) is 4. The molecule has 3 aromatic carbocycles. The number of benzene rings is 3. The van der Waals surface area contributed by atoms with Gasteiger partial charge < -0.3 is 15.3 Å². The number of fused-ring (bicyclic) bond motifs is 2. The van der Waals surface area contributed by atoms with Crippen LogP contribution in [0.5, 0.6) is 11.5 Å². The lowest BCUT2D eigenvalue weighted by atomic mass is 9.77. The van der Waals surface area contributed by atoms with Crippen molar-refractivity contribution in [2.24, 2.45) is 0 Å². The Hall–Kier alpha value is -3.57. The van der Waals surface area contributed by atoms with E-state index in [1.807, 2.05) is 36.4 Å². The number of aromatic hydroxyl groups is 2. The molecule has 1 atom stereocenters. The summed E-state index contributed by atoms with van der Waals surface area (Å²) in [5, 5.41) is 28.3. The Morgan fingerprint density at radius 1 is 1.00 bits per heavy atom. The Kier molecular flexibility index (Phi) is 5.78. The summed E-state index contributed by atoms with van der Waals surface area (Å²) in [5.74, 6) is -0.944. The number of phenolic OH excluding ortho intramolecular Hbond substituents is 2. The molecular formula is C26H25NO4. The van der Waals surface area contributed by atoms with Gasteiger partial charge in [-0.2, -0.15) is 0 Å². The maximum Gasteiger partial charge on any atom is 0.328 e. The summed E-state index contributed by atoms with van der Waals surface area (Å²) in [6.07, 6.45) is 4.62. The first-order chi connectivity index (χ1) is 15.0. The molecule has 0 aromatic heterocycles. The van der Waals surface area contributed by atoms with Gasteiger partial charge >= 0.3 is 5.97 Å². The van der Waals surface area contributed by atoms with E-state index in [1.165, 1.54) is 11.1 Å². The summed E-state index contributed by atoms with van der Waals surface area (Å²) in [6, 6.07) is 19.5. The summed E-state index contributed by atoms with van der Waals surface area (Å²) >= 11 is 0. The van der Waals surface area contributed by atoms with Crippen molar-refractivity contribution in [1.29, 1.82) is 0 Å². The third-order valence-electron chi connectivity index (χ3n) is 5.94. The molecule has 1 aliphatic heterocycles. The second-order valence-electron chi connectivity index (χ2n) is 7.88. The molecule has 0 amide bonds. The zero-order valence-electron chi connectivity index (χ0n) is 17.3. The van der Waals surface area contributed by atoms with Crippen molar-refractivity contribution in [2.45, 2.75) is 18.9 Å². The molecule has 0 fully saturated rings. The Bertz CT molecular complexity index is 1140. The van der Waals surface area contributed by atoms with E-state index in [-0.39, 0.29) is 11.5 Å². The van der Waals surface area contributed by atoms with Gasteiger partial charge in [0.25, 0.3) is 0 Å². The van der Waals surface area contributed by atoms with Gasteiger partial charge in [-0.15, -0.1) is 0 Å². The van der Waals surface area contributed by atoms with E-state index in [2.05, 4.69) is 30.1 Å². The summed E-state index contributed by atoms with van der Waals surface area (Å²) in [4.78, 5) is 12.5. The van der Waals surface area contributed by atoms with Gasteiger partial charge in [-0.25, -0.2) is 4.79 Å². The highest BCUT2D eigenvalue weighted by atomic mass is 16.4. The van der Waals surface area contributed by atoms with Gasteiger partial charge in [0.2, 0.25) is 0 Å². The lowest BCUT2D eigenvalue weighted by Crippen LogP contribution is -2.35. The number of nitrogens with zero attached hydrogens (tertiary/aromatic N) is 1. The lowest BCUT2D eigenvalue weighted by Gasteiger charge is -2.39. The Morgan fingerprint density at radius 2 is 1.77 bits per heavy atom. The van der Waals surface area contributed by atoms with E-state index in [0.29, 0.717) is 6.04 Å². The number of rotatable bonds is 2. The molecule has 0 bridgehead atoms. The predicted molar refractivity (Wildman–Crippen MR) is 121 cm³/mol. The largest absolute Gasteiger partial charge is 0.504 e. The summed E-state index contributed by atoms with van der Waals surface area (Å²) in [5.41, 5.74) is 6.61. The molecule has 0 radical (unpaired) electrons. The monoisotopic (exact) mass is 415 g/mol. The van der Waals surface area contributed by atoms with Crippen LogP contribution in [0.3, 0.4) is 0 Å². The van der Waals surface area contributed by atoms with Gasteiger partial charge in [0, 0.05) is 24.2 Å². The van der Waals surface area contributed by atoms with E-state index >= 15 is 0 Å². The number of carboxylic acid groups (broad SMARTS) is 1. The zero-order chi connectivity index (χ0) is 22.0. The van der Waals surface area contributed by atoms with Crippen molar-refractivity contribution in [2.75, 3.05) is 13.6 Å². The van der Waals surface area contributed by atoms with E-state index in [1.54, 1.807) is 12.1 Å². The van der Waals surface area contributed by atoms with Gasteiger partial charge in [-0.05, 0) is 59.8 Å². The SMILES string of the molecule is CN1CCc2cccc3c2[C@H]1Cc1ccc(O)c(O)c1-3.O=C(O)C=Cc1ccccc1. The van der Waals surface area contributed by atoms with Crippen molar-refractivity contribution < 1.29 is 20.1 Å². The van der Waals surface area contributed by atoms with Crippen molar-refractivity contribution in [3.8, 4) is 22.6 Å². The van der Waals surface area contributed by atoms with Crippen LogP contribution in [0, 0.1) is 0 Å². The summed E-state index contributed by atoms with van der Waals surface area (Å²) in [7, 11) is 2.16. The van der Waals surface area contributed by atoms with Crippen LogP contribution >= 0.6 is 0 Å². The molecule has 1 aliphatic carbocycles. The third-order valence-corrected chi connectivity index (χ3v) is 5.94. The van der Waals surface area contributed by atoms with Gasteiger partial charge in [0.15, 0.2) is 11.5 Å².